The second-order valence-electron chi connectivity index (χ2n) is 5.56. The van der Waals surface area contributed by atoms with Crippen molar-refractivity contribution in [1.29, 1.82) is 0 Å². The molecule has 1 saturated carbocycles. The van der Waals surface area contributed by atoms with Gasteiger partial charge in [-0.2, -0.15) is 0 Å². The van der Waals surface area contributed by atoms with Crippen molar-refractivity contribution in [3.05, 3.63) is 12.2 Å². The fourth-order valence-corrected chi connectivity index (χ4v) is 4.17. The third kappa shape index (κ3) is 2.16. The third-order valence-corrected chi connectivity index (χ3v) is 5.29. The Bertz CT molecular complexity index is 299. The van der Waals surface area contributed by atoms with Gasteiger partial charge >= 0.3 is 0 Å². The molecule has 3 rings (SSSR count). The Balaban J connectivity index is 1.61. The molecule has 96 valence electrons. The SMILES string of the molecule is Cl[C@@H]1CC[C@@H]2CC=C[C@]21CCC1OCCCO1. The van der Waals surface area contributed by atoms with Crippen LogP contribution < -0.4 is 0 Å². The first-order valence-corrected chi connectivity index (χ1v) is 7.30. The lowest BCUT2D eigenvalue weighted by Crippen LogP contribution is -2.32. The van der Waals surface area contributed by atoms with Crippen LogP contribution in [0.4, 0.5) is 0 Å². The summed E-state index contributed by atoms with van der Waals surface area (Å²) >= 11 is 6.55. The van der Waals surface area contributed by atoms with Gasteiger partial charge in [-0.1, -0.05) is 12.2 Å². The summed E-state index contributed by atoms with van der Waals surface area (Å²) in [5.74, 6) is 0.772. The zero-order chi connectivity index (χ0) is 11.7. The zero-order valence-electron chi connectivity index (χ0n) is 10.2. The van der Waals surface area contributed by atoms with Crippen molar-refractivity contribution in [3.63, 3.8) is 0 Å². The summed E-state index contributed by atoms with van der Waals surface area (Å²) in [5.41, 5.74) is 0.242. The highest BCUT2D eigenvalue weighted by atomic mass is 35.5. The van der Waals surface area contributed by atoms with Crippen molar-refractivity contribution in [3.8, 4) is 0 Å². The lowest BCUT2D eigenvalue weighted by atomic mass is 9.76. The molecule has 3 atom stereocenters. The molecule has 0 radical (unpaired) electrons. The molecule has 0 aromatic heterocycles. The maximum absolute atomic E-state index is 6.55. The molecular weight excluding hydrogens is 236 g/mol. The van der Waals surface area contributed by atoms with E-state index in [1.165, 1.54) is 19.3 Å². The van der Waals surface area contributed by atoms with Crippen LogP contribution in [-0.2, 0) is 9.47 Å². The quantitative estimate of drug-likeness (QED) is 0.568. The van der Waals surface area contributed by atoms with E-state index in [0.717, 1.165) is 38.4 Å². The maximum Gasteiger partial charge on any atom is 0.157 e. The number of ether oxygens (including phenoxy) is 2. The van der Waals surface area contributed by atoms with Gasteiger partial charge in [-0.15, -0.1) is 11.6 Å². The van der Waals surface area contributed by atoms with Gasteiger partial charge in [-0.25, -0.2) is 0 Å². The smallest absolute Gasteiger partial charge is 0.157 e. The van der Waals surface area contributed by atoms with Crippen LogP contribution in [0.3, 0.4) is 0 Å². The van der Waals surface area contributed by atoms with Gasteiger partial charge in [-0.05, 0) is 44.4 Å². The van der Waals surface area contributed by atoms with Crippen LogP contribution >= 0.6 is 11.6 Å². The Morgan fingerprint density at radius 1 is 1.24 bits per heavy atom. The van der Waals surface area contributed by atoms with E-state index in [-0.39, 0.29) is 11.7 Å². The standard InChI is InChI=1S/C14H21ClO2/c15-12-5-4-11-3-1-7-14(11,12)8-6-13-16-9-2-10-17-13/h1,7,11-13H,2-6,8-10H2/t11-,12+,14-/m0/s1. The van der Waals surface area contributed by atoms with Crippen LogP contribution in [0.25, 0.3) is 0 Å². The minimum atomic E-state index is 0.0113. The summed E-state index contributed by atoms with van der Waals surface area (Å²) in [6, 6.07) is 0. The van der Waals surface area contributed by atoms with Crippen LogP contribution in [0.5, 0.6) is 0 Å². The second-order valence-corrected chi connectivity index (χ2v) is 6.08. The predicted octanol–water partition coefficient (Wildman–Crippen LogP) is 3.49. The first-order chi connectivity index (χ1) is 8.31. The summed E-state index contributed by atoms with van der Waals surface area (Å²) in [5, 5.41) is 0.315. The van der Waals surface area contributed by atoms with Crippen molar-refractivity contribution in [2.75, 3.05) is 13.2 Å². The Morgan fingerprint density at radius 2 is 2.06 bits per heavy atom. The van der Waals surface area contributed by atoms with Crippen molar-refractivity contribution >= 4 is 11.6 Å². The zero-order valence-corrected chi connectivity index (χ0v) is 11.0. The highest BCUT2D eigenvalue weighted by molar-refractivity contribution is 6.21. The predicted molar refractivity (Wildman–Crippen MR) is 68.1 cm³/mol. The molecule has 0 spiro atoms. The van der Waals surface area contributed by atoms with E-state index < -0.39 is 0 Å². The van der Waals surface area contributed by atoms with Crippen molar-refractivity contribution < 1.29 is 9.47 Å². The Morgan fingerprint density at radius 3 is 2.88 bits per heavy atom. The molecular formula is C14H21ClO2. The Labute approximate surface area is 108 Å². The molecule has 1 aliphatic heterocycles. The summed E-state index contributed by atoms with van der Waals surface area (Å²) in [6.45, 7) is 1.70. The van der Waals surface area contributed by atoms with E-state index in [0.29, 0.717) is 5.38 Å². The number of hydrogen-bond donors (Lipinski definition) is 0. The first-order valence-electron chi connectivity index (χ1n) is 6.86. The van der Waals surface area contributed by atoms with Crippen LogP contribution in [0.2, 0.25) is 0 Å². The maximum atomic E-state index is 6.55. The Kier molecular flexibility index (Phi) is 3.47. The third-order valence-electron chi connectivity index (χ3n) is 4.67. The fraction of sp³-hybridized carbons (Fsp3) is 0.857. The molecule has 0 bridgehead atoms. The van der Waals surface area contributed by atoms with Gasteiger partial charge in [0.15, 0.2) is 6.29 Å². The second kappa shape index (κ2) is 4.91. The number of hydrogen-bond acceptors (Lipinski definition) is 2. The van der Waals surface area contributed by atoms with Gasteiger partial charge < -0.3 is 9.47 Å². The minimum Gasteiger partial charge on any atom is -0.353 e. The van der Waals surface area contributed by atoms with Gasteiger partial charge in [0.05, 0.1) is 13.2 Å². The van der Waals surface area contributed by atoms with E-state index in [9.17, 15) is 0 Å². The van der Waals surface area contributed by atoms with E-state index in [1.807, 2.05) is 0 Å². The lowest BCUT2D eigenvalue weighted by Gasteiger charge is -2.33. The molecule has 0 unspecified atom stereocenters. The average Bonchev–Trinajstić information content (AvgIpc) is 2.90. The number of halogens is 1. The van der Waals surface area contributed by atoms with Gasteiger partial charge in [0, 0.05) is 10.8 Å². The number of allylic oxidation sites excluding steroid dienone is 2. The van der Waals surface area contributed by atoms with Crippen LogP contribution in [0.1, 0.15) is 38.5 Å². The summed E-state index contributed by atoms with van der Waals surface area (Å²) in [7, 11) is 0. The molecule has 0 aromatic carbocycles. The number of rotatable bonds is 3. The molecule has 2 nitrogen and oxygen atoms in total. The van der Waals surface area contributed by atoms with Crippen molar-refractivity contribution in [2.24, 2.45) is 11.3 Å². The van der Waals surface area contributed by atoms with Gasteiger partial charge in [-0.3, -0.25) is 0 Å². The molecule has 1 heterocycles. The van der Waals surface area contributed by atoms with Gasteiger partial charge in [0.1, 0.15) is 0 Å². The molecule has 3 heteroatoms. The molecule has 2 aliphatic carbocycles. The summed E-state index contributed by atoms with van der Waals surface area (Å²) in [4.78, 5) is 0. The van der Waals surface area contributed by atoms with Crippen LogP contribution in [0, 0.1) is 11.3 Å². The van der Waals surface area contributed by atoms with E-state index in [4.69, 9.17) is 21.1 Å². The molecule has 2 fully saturated rings. The van der Waals surface area contributed by atoms with Crippen molar-refractivity contribution in [1.82, 2.24) is 0 Å². The topological polar surface area (TPSA) is 18.5 Å². The van der Waals surface area contributed by atoms with E-state index >= 15 is 0 Å². The number of alkyl halides is 1. The van der Waals surface area contributed by atoms with Gasteiger partial charge in [0.25, 0.3) is 0 Å². The Hall–Kier alpha value is -0.0500. The monoisotopic (exact) mass is 256 g/mol. The minimum absolute atomic E-state index is 0.0113. The first kappa shape index (κ1) is 12.0. The van der Waals surface area contributed by atoms with Crippen molar-refractivity contribution in [2.45, 2.75) is 50.2 Å². The molecule has 3 aliphatic rings. The summed E-state index contributed by atoms with van der Waals surface area (Å²) < 4.78 is 11.3. The molecule has 0 N–H and O–H groups in total. The van der Waals surface area contributed by atoms with Crippen LogP contribution in [0.15, 0.2) is 12.2 Å². The average molecular weight is 257 g/mol. The largest absolute Gasteiger partial charge is 0.353 e. The molecule has 17 heavy (non-hydrogen) atoms. The summed E-state index contributed by atoms with van der Waals surface area (Å²) in [6.07, 6.45) is 11.5. The highest BCUT2D eigenvalue weighted by Crippen LogP contribution is 2.55. The van der Waals surface area contributed by atoms with E-state index in [2.05, 4.69) is 12.2 Å². The normalized spacial score (nSPS) is 41.9. The molecule has 1 saturated heterocycles. The lowest BCUT2D eigenvalue weighted by molar-refractivity contribution is -0.183. The van der Waals surface area contributed by atoms with Gasteiger partial charge in [0.2, 0.25) is 0 Å². The number of fused-ring (bicyclic) bond motifs is 1. The fourth-order valence-electron chi connectivity index (χ4n) is 3.69. The van der Waals surface area contributed by atoms with E-state index in [1.54, 1.807) is 0 Å². The molecule has 0 aromatic rings. The van der Waals surface area contributed by atoms with Crippen LogP contribution in [-0.4, -0.2) is 24.9 Å². The molecule has 0 amide bonds. The highest BCUT2D eigenvalue weighted by Gasteiger charge is 2.49.